The van der Waals surface area contributed by atoms with Crippen LogP contribution in [0.25, 0.3) is 11.0 Å². The number of aromatic nitrogens is 6. The minimum Gasteiger partial charge on any atom is -0.300 e. The van der Waals surface area contributed by atoms with Gasteiger partial charge in [0, 0.05) is 19.6 Å². The van der Waals surface area contributed by atoms with Crippen molar-refractivity contribution in [1.82, 2.24) is 35.1 Å². The molecule has 0 unspecified atom stereocenters. The summed E-state index contributed by atoms with van der Waals surface area (Å²) < 4.78 is 1.74. The van der Waals surface area contributed by atoms with E-state index in [1.807, 2.05) is 30.5 Å². The van der Waals surface area contributed by atoms with Crippen molar-refractivity contribution in [2.24, 2.45) is 0 Å². The van der Waals surface area contributed by atoms with Gasteiger partial charge in [0.1, 0.15) is 6.33 Å². The van der Waals surface area contributed by atoms with Gasteiger partial charge in [-0.25, -0.2) is 9.67 Å². The monoisotopic (exact) mass is 283 g/mol. The van der Waals surface area contributed by atoms with Gasteiger partial charge in [-0.2, -0.15) is 0 Å². The standard InChI is InChI=1S/C14H17N7/c1-20(7-4-8-21-11-16-18-19-21)10-12-9-15-13-5-2-3-6-14(13)17-12/h2-3,5-6,9,11H,4,7-8,10H2,1H3. The zero-order valence-electron chi connectivity index (χ0n) is 11.9. The van der Waals surface area contributed by atoms with Crippen molar-refractivity contribution in [3.05, 3.63) is 42.5 Å². The maximum Gasteiger partial charge on any atom is 0.138 e. The van der Waals surface area contributed by atoms with E-state index in [2.05, 4.69) is 37.4 Å². The predicted molar refractivity (Wildman–Crippen MR) is 78.3 cm³/mol. The predicted octanol–water partition coefficient (Wildman–Crippen LogP) is 1.14. The van der Waals surface area contributed by atoms with E-state index in [1.165, 1.54) is 0 Å². The number of tetrazole rings is 1. The van der Waals surface area contributed by atoms with E-state index in [1.54, 1.807) is 11.0 Å². The highest BCUT2D eigenvalue weighted by Crippen LogP contribution is 2.09. The van der Waals surface area contributed by atoms with Gasteiger partial charge in [-0.15, -0.1) is 5.10 Å². The number of nitrogens with zero attached hydrogens (tertiary/aromatic N) is 7. The van der Waals surface area contributed by atoms with Crippen molar-refractivity contribution < 1.29 is 0 Å². The summed E-state index contributed by atoms with van der Waals surface area (Å²) in [6, 6.07) is 7.92. The van der Waals surface area contributed by atoms with E-state index >= 15 is 0 Å². The zero-order chi connectivity index (χ0) is 14.5. The molecule has 7 nitrogen and oxygen atoms in total. The lowest BCUT2D eigenvalue weighted by molar-refractivity contribution is 0.307. The fourth-order valence-corrected chi connectivity index (χ4v) is 2.21. The number of hydrogen-bond acceptors (Lipinski definition) is 6. The average Bonchev–Trinajstić information content (AvgIpc) is 3.00. The average molecular weight is 283 g/mol. The van der Waals surface area contributed by atoms with Gasteiger partial charge in [0.2, 0.25) is 0 Å². The molecule has 0 aliphatic rings. The van der Waals surface area contributed by atoms with Crippen LogP contribution in [0, 0.1) is 0 Å². The van der Waals surface area contributed by atoms with Crippen molar-refractivity contribution in [2.45, 2.75) is 19.5 Å². The highest BCUT2D eigenvalue weighted by Gasteiger charge is 2.04. The molecule has 0 aliphatic heterocycles. The van der Waals surface area contributed by atoms with Crippen molar-refractivity contribution in [1.29, 1.82) is 0 Å². The van der Waals surface area contributed by atoms with E-state index in [-0.39, 0.29) is 0 Å². The summed E-state index contributed by atoms with van der Waals surface area (Å²) in [7, 11) is 2.08. The fourth-order valence-electron chi connectivity index (χ4n) is 2.21. The first-order valence-electron chi connectivity index (χ1n) is 6.91. The summed E-state index contributed by atoms with van der Waals surface area (Å²) in [5, 5.41) is 11.1. The maximum absolute atomic E-state index is 4.63. The molecule has 0 atom stereocenters. The van der Waals surface area contributed by atoms with Gasteiger partial charge in [-0.05, 0) is 36.0 Å². The lowest BCUT2D eigenvalue weighted by Gasteiger charge is -2.15. The Morgan fingerprint density at radius 1 is 1.19 bits per heavy atom. The SMILES string of the molecule is CN(CCCn1cnnn1)Cc1cnc2ccccc2n1. The molecule has 0 aliphatic carbocycles. The third kappa shape index (κ3) is 3.57. The first-order valence-corrected chi connectivity index (χ1v) is 6.91. The highest BCUT2D eigenvalue weighted by molar-refractivity contribution is 5.73. The smallest absolute Gasteiger partial charge is 0.138 e. The van der Waals surface area contributed by atoms with Gasteiger partial charge in [0.15, 0.2) is 0 Å². The van der Waals surface area contributed by atoms with Crippen LogP contribution in [-0.2, 0) is 13.1 Å². The number of benzene rings is 1. The largest absolute Gasteiger partial charge is 0.300 e. The molecular formula is C14H17N7. The van der Waals surface area contributed by atoms with Gasteiger partial charge >= 0.3 is 0 Å². The summed E-state index contributed by atoms with van der Waals surface area (Å²) in [6.07, 6.45) is 4.47. The topological polar surface area (TPSA) is 72.6 Å². The maximum atomic E-state index is 4.63. The number of aryl methyl sites for hydroxylation is 1. The molecular weight excluding hydrogens is 266 g/mol. The van der Waals surface area contributed by atoms with Crippen molar-refractivity contribution >= 4 is 11.0 Å². The Bertz CT molecular complexity index is 695. The summed E-state index contributed by atoms with van der Waals surface area (Å²) in [4.78, 5) is 11.3. The lowest BCUT2D eigenvalue weighted by atomic mass is 10.3. The summed E-state index contributed by atoms with van der Waals surface area (Å²) >= 11 is 0. The lowest BCUT2D eigenvalue weighted by Crippen LogP contribution is -2.21. The Hall–Kier alpha value is -2.41. The Balaban J connectivity index is 1.54. The minimum atomic E-state index is 0.785. The van der Waals surface area contributed by atoms with Crippen LogP contribution in [0.2, 0.25) is 0 Å². The summed E-state index contributed by atoms with van der Waals surface area (Å²) in [5.41, 5.74) is 2.86. The molecule has 0 amide bonds. The first-order chi connectivity index (χ1) is 10.3. The molecule has 0 saturated carbocycles. The normalized spacial score (nSPS) is 11.3. The molecule has 3 rings (SSSR count). The summed E-state index contributed by atoms with van der Waals surface area (Å²) in [6.45, 7) is 2.56. The summed E-state index contributed by atoms with van der Waals surface area (Å²) in [5.74, 6) is 0. The molecule has 0 saturated heterocycles. The molecule has 2 aromatic heterocycles. The zero-order valence-corrected chi connectivity index (χ0v) is 11.9. The molecule has 108 valence electrons. The number of para-hydroxylation sites is 2. The van der Waals surface area contributed by atoms with E-state index in [4.69, 9.17) is 0 Å². The van der Waals surface area contributed by atoms with Crippen LogP contribution < -0.4 is 0 Å². The third-order valence-corrected chi connectivity index (χ3v) is 3.25. The molecule has 0 spiro atoms. The number of rotatable bonds is 6. The van der Waals surface area contributed by atoms with Crippen molar-refractivity contribution in [3.63, 3.8) is 0 Å². The molecule has 1 aromatic carbocycles. The molecule has 0 bridgehead atoms. The molecule has 0 N–H and O–H groups in total. The van der Waals surface area contributed by atoms with Crippen LogP contribution >= 0.6 is 0 Å². The minimum absolute atomic E-state index is 0.785. The highest BCUT2D eigenvalue weighted by atomic mass is 15.5. The van der Waals surface area contributed by atoms with Crippen LogP contribution in [0.15, 0.2) is 36.8 Å². The Labute approximate surface area is 122 Å². The molecule has 0 radical (unpaired) electrons. The second kappa shape index (κ2) is 6.36. The molecule has 3 aromatic rings. The molecule has 7 heteroatoms. The van der Waals surface area contributed by atoms with Crippen LogP contribution in [0.1, 0.15) is 12.1 Å². The quantitative estimate of drug-likeness (QED) is 0.675. The number of fused-ring (bicyclic) bond motifs is 1. The third-order valence-electron chi connectivity index (χ3n) is 3.25. The van der Waals surface area contributed by atoms with Gasteiger partial charge in [-0.3, -0.25) is 4.98 Å². The van der Waals surface area contributed by atoms with E-state index in [0.29, 0.717) is 0 Å². The Morgan fingerprint density at radius 2 is 2.05 bits per heavy atom. The van der Waals surface area contributed by atoms with E-state index in [0.717, 1.165) is 42.8 Å². The van der Waals surface area contributed by atoms with E-state index in [9.17, 15) is 0 Å². The van der Waals surface area contributed by atoms with Crippen molar-refractivity contribution in [2.75, 3.05) is 13.6 Å². The van der Waals surface area contributed by atoms with Gasteiger partial charge in [0.05, 0.1) is 22.9 Å². The van der Waals surface area contributed by atoms with Gasteiger partial charge in [0.25, 0.3) is 0 Å². The number of hydrogen-bond donors (Lipinski definition) is 0. The van der Waals surface area contributed by atoms with Crippen LogP contribution in [0.5, 0.6) is 0 Å². The molecule has 0 fully saturated rings. The van der Waals surface area contributed by atoms with Crippen LogP contribution in [-0.4, -0.2) is 48.7 Å². The van der Waals surface area contributed by atoms with Crippen molar-refractivity contribution in [3.8, 4) is 0 Å². The van der Waals surface area contributed by atoms with Gasteiger partial charge in [-0.1, -0.05) is 12.1 Å². The second-order valence-electron chi connectivity index (χ2n) is 5.01. The molecule has 21 heavy (non-hydrogen) atoms. The fraction of sp³-hybridized carbons (Fsp3) is 0.357. The first kappa shape index (κ1) is 13.6. The van der Waals surface area contributed by atoms with E-state index < -0.39 is 0 Å². The second-order valence-corrected chi connectivity index (χ2v) is 5.01. The Morgan fingerprint density at radius 3 is 2.86 bits per heavy atom. The molecule has 2 heterocycles. The van der Waals surface area contributed by atoms with Gasteiger partial charge < -0.3 is 4.90 Å². The van der Waals surface area contributed by atoms with Crippen LogP contribution in [0.4, 0.5) is 0 Å². The van der Waals surface area contributed by atoms with Crippen LogP contribution in [0.3, 0.4) is 0 Å². The Kier molecular flexibility index (Phi) is 4.11.